The molecule has 2 aliphatic rings. The van der Waals surface area contributed by atoms with E-state index in [0.29, 0.717) is 26.2 Å². The highest BCUT2D eigenvalue weighted by Gasteiger charge is 2.33. The molecule has 0 aromatic carbocycles. The standard InChI is InChI=1S/C17H28N2O5/c1-3-24-17(22)13-6-4-8-18(11-13)12-15(20)19-9-5-7-14(19)10-16(21)23-2/h13-14H,3-12H2,1-2H3. The fourth-order valence-electron chi connectivity index (χ4n) is 3.59. The van der Waals surface area contributed by atoms with Crippen LogP contribution in [0.3, 0.4) is 0 Å². The molecule has 2 saturated heterocycles. The molecule has 0 aromatic heterocycles. The second-order valence-electron chi connectivity index (χ2n) is 6.49. The van der Waals surface area contributed by atoms with E-state index in [2.05, 4.69) is 0 Å². The summed E-state index contributed by atoms with van der Waals surface area (Å²) in [6, 6.07) is -0.0596. The fraction of sp³-hybridized carbons (Fsp3) is 0.824. The lowest BCUT2D eigenvalue weighted by Crippen LogP contribution is -2.47. The Morgan fingerprint density at radius 3 is 2.58 bits per heavy atom. The molecule has 0 aliphatic carbocycles. The zero-order valence-electron chi connectivity index (χ0n) is 14.7. The number of likely N-dealkylation sites (tertiary alicyclic amines) is 2. The average molecular weight is 340 g/mol. The van der Waals surface area contributed by atoms with E-state index >= 15 is 0 Å². The molecule has 1 amide bonds. The Morgan fingerprint density at radius 1 is 1.12 bits per heavy atom. The molecule has 7 heteroatoms. The van der Waals surface area contributed by atoms with Gasteiger partial charge in [0.1, 0.15) is 0 Å². The van der Waals surface area contributed by atoms with E-state index in [0.717, 1.165) is 32.2 Å². The van der Waals surface area contributed by atoms with Crippen LogP contribution in [0.1, 0.15) is 39.0 Å². The number of hydrogen-bond acceptors (Lipinski definition) is 6. The van der Waals surface area contributed by atoms with Crippen LogP contribution in [-0.2, 0) is 23.9 Å². The highest BCUT2D eigenvalue weighted by atomic mass is 16.5. The van der Waals surface area contributed by atoms with Crippen LogP contribution in [0.2, 0.25) is 0 Å². The summed E-state index contributed by atoms with van der Waals surface area (Å²) in [4.78, 5) is 39.8. The molecule has 2 heterocycles. The first-order valence-corrected chi connectivity index (χ1v) is 8.80. The van der Waals surface area contributed by atoms with E-state index in [1.54, 1.807) is 11.8 Å². The Hall–Kier alpha value is -1.63. The van der Waals surface area contributed by atoms with E-state index < -0.39 is 0 Å². The van der Waals surface area contributed by atoms with Crippen molar-refractivity contribution < 1.29 is 23.9 Å². The van der Waals surface area contributed by atoms with Crippen molar-refractivity contribution in [3.8, 4) is 0 Å². The smallest absolute Gasteiger partial charge is 0.310 e. The maximum atomic E-state index is 12.6. The number of amides is 1. The number of nitrogens with zero attached hydrogens (tertiary/aromatic N) is 2. The zero-order chi connectivity index (χ0) is 17.5. The van der Waals surface area contributed by atoms with Gasteiger partial charge in [-0.3, -0.25) is 19.3 Å². The van der Waals surface area contributed by atoms with Crippen molar-refractivity contribution in [1.29, 1.82) is 0 Å². The SMILES string of the molecule is CCOC(=O)C1CCCN(CC(=O)N2CCCC2CC(=O)OC)C1. The molecule has 2 rings (SSSR count). The normalized spacial score (nSPS) is 24.7. The predicted molar refractivity (Wildman–Crippen MR) is 87.2 cm³/mol. The van der Waals surface area contributed by atoms with Gasteiger partial charge in [-0.25, -0.2) is 0 Å². The number of methoxy groups -OCH3 is 1. The number of rotatable bonds is 6. The number of piperidine rings is 1. The van der Waals surface area contributed by atoms with Crippen molar-refractivity contribution in [3.05, 3.63) is 0 Å². The Balaban J connectivity index is 1.86. The highest BCUT2D eigenvalue weighted by Crippen LogP contribution is 2.22. The minimum absolute atomic E-state index is 0.0333. The number of ether oxygens (including phenoxy) is 2. The third kappa shape index (κ3) is 4.93. The maximum Gasteiger partial charge on any atom is 0.310 e. The Kier molecular flexibility index (Phi) is 7.02. The van der Waals surface area contributed by atoms with Crippen LogP contribution in [0.4, 0.5) is 0 Å². The number of esters is 2. The molecule has 136 valence electrons. The van der Waals surface area contributed by atoms with Crippen molar-refractivity contribution in [2.24, 2.45) is 5.92 Å². The summed E-state index contributed by atoms with van der Waals surface area (Å²) < 4.78 is 9.81. The third-order valence-electron chi connectivity index (χ3n) is 4.81. The van der Waals surface area contributed by atoms with Gasteiger partial charge < -0.3 is 14.4 Å². The van der Waals surface area contributed by atoms with Gasteiger partial charge in [-0.2, -0.15) is 0 Å². The molecular formula is C17H28N2O5. The summed E-state index contributed by atoms with van der Waals surface area (Å²) in [5, 5.41) is 0. The van der Waals surface area contributed by atoms with Crippen LogP contribution in [0.15, 0.2) is 0 Å². The van der Waals surface area contributed by atoms with Crippen molar-refractivity contribution in [2.75, 3.05) is 39.9 Å². The molecule has 0 aromatic rings. The van der Waals surface area contributed by atoms with Crippen LogP contribution < -0.4 is 0 Å². The molecular weight excluding hydrogens is 312 g/mol. The van der Waals surface area contributed by atoms with Gasteiger partial charge in [0.2, 0.25) is 5.91 Å². The van der Waals surface area contributed by atoms with Gasteiger partial charge in [0, 0.05) is 19.1 Å². The van der Waals surface area contributed by atoms with Crippen LogP contribution in [0.25, 0.3) is 0 Å². The van der Waals surface area contributed by atoms with Crippen molar-refractivity contribution >= 4 is 17.8 Å². The third-order valence-corrected chi connectivity index (χ3v) is 4.81. The van der Waals surface area contributed by atoms with E-state index in [4.69, 9.17) is 9.47 Å². The second kappa shape index (κ2) is 9.01. The molecule has 7 nitrogen and oxygen atoms in total. The molecule has 0 saturated carbocycles. The lowest BCUT2D eigenvalue weighted by molar-refractivity contribution is -0.151. The highest BCUT2D eigenvalue weighted by molar-refractivity contribution is 5.80. The second-order valence-corrected chi connectivity index (χ2v) is 6.49. The summed E-state index contributed by atoms with van der Waals surface area (Å²) >= 11 is 0. The minimum Gasteiger partial charge on any atom is -0.469 e. The largest absolute Gasteiger partial charge is 0.469 e. The molecule has 2 unspecified atom stereocenters. The molecule has 0 N–H and O–H groups in total. The molecule has 2 atom stereocenters. The Morgan fingerprint density at radius 2 is 1.88 bits per heavy atom. The lowest BCUT2D eigenvalue weighted by Gasteiger charge is -2.33. The quantitative estimate of drug-likeness (QED) is 0.666. The van der Waals surface area contributed by atoms with Gasteiger partial charge in [-0.15, -0.1) is 0 Å². The van der Waals surface area contributed by atoms with Crippen LogP contribution in [-0.4, -0.2) is 73.6 Å². The van der Waals surface area contributed by atoms with Crippen LogP contribution in [0, 0.1) is 5.92 Å². The molecule has 2 fully saturated rings. The number of carbonyl (C=O) groups excluding carboxylic acids is 3. The molecule has 0 spiro atoms. The van der Waals surface area contributed by atoms with Crippen molar-refractivity contribution in [3.63, 3.8) is 0 Å². The summed E-state index contributed by atoms with van der Waals surface area (Å²) in [5.41, 5.74) is 0. The summed E-state index contributed by atoms with van der Waals surface area (Å²) in [5.74, 6) is -0.554. The molecule has 2 aliphatic heterocycles. The minimum atomic E-state index is -0.278. The maximum absolute atomic E-state index is 12.6. The van der Waals surface area contributed by atoms with E-state index in [1.165, 1.54) is 7.11 Å². The average Bonchev–Trinajstić information content (AvgIpc) is 3.03. The first-order valence-electron chi connectivity index (χ1n) is 8.80. The van der Waals surface area contributed by atoms with Crippen LogP contribution in [0.5, 0.6) is 0 Å². The van der Waals surface area contributed by atoms with Crippen LogP contribution >= 0.6 is 0 Å². The van der Waals surface area contributed by atoms with Gasteiger partial charge in [-0.05, 0) is 39.2 Å². The molecule has 24 heavy (non-hydrogen) atoms. The summed E-state index contributed by atoms with van der Waals surface area (Å²) in [6.45, 7) is 4.56. The van der Waals surface area contributed by atoms with Gasteiger partial charge in [0.25, 0.3) is 0 Å². The van der Waals surface area contributed by atoms with E-state index in [9.17, 15) is 14.4 Å². The fourth-order valence-corrected chi connectivity index (χ4v) is 3.59. The first-order chi connectivity index (χ1) is 11.5. The van der Waals surface area contributed by atoms with Gasteiger partial charge in [0.05, 0.1) is 32.6 Å². The Labute approximate surface area is 143 Å². The topological polar surface area (TPSA) is 76.2 Å². The monoisotopic (exact) mass is 340 g/mol. The number of carbonyl (C=O) groups is 3. The first kappa shape index (κ1) is 18.7. The van der Waals surface area contributed by atoms with Gasteiger partial charge >= 0.3 is 11.9 Å². The Bertz CT molecular complexity index is 468. The summed E-state index contributed by atoms with van der Waals surface area (Å²) in [7, 11) is 1.37. The van der Waals surface area contributed by atoms with Gasteiger partial charge in [0.15, 0.2) is 0 Å². The van der Waals surface area contributed by atoms with Crippen molar-refractivity contribution in [1.82, 2.24) is 9.80 Å². The molecule has 0 bridgehead atoms. The van der Waals surface area contributed by atoms with E-state index in [-0.39, 0.29) is 36.2 Å². The summed E-state index contributed by atoms with van der Waals surface area (Å²) in [6.07, 6.45) is 3.72. The zero-order valence-corrected chi connectivity index (χ0v) is 14.7. The van der Waals surface area contributed by atoms with E-state index in [1.807, 2.05) is 4.90 Å². The molecule has 0 radical (unpaired) electrons. The van der Waals surface area contributed by atoms with Crippen molar-refractivity contribution in [2.45, 2.75) is 45.1 Å². The van der Waals surface area contributed by atoms with Gasteiger partial charge in [-0.1, -0.05) is 0 Å². The number of hydrogen-bond donors (Lipinski definition) is 0. The lowest BCUT2D eigenvalue weighted by atomic mass is 9.98. The predicted octanol–water partition coefficient (Wildman–Crippen LogP) is 0.816.